The second kappa shape index (κ2) is 4.28. The van der Waals surface area contributed by atoms with E-state index in [1.165, 1.54) is 0 Å². The number of thiol groups is 1. The highest BCUT2D eigenvalue weighted by molar-refractivity contribution is 7.80. The van der Waals surface area contributed by atoms with Gasteiger partial charge in [0.1, 0.15) is 0 Å². The highest BCUT2D eigenvalue weighted by Crippen LogP contribution is 2.49. The van der Waals surface area contributed by atoms with Gasteiger partial charge in [0.2, 0.25) is 11.8 Å². The maximum atomic E-state index is 12.0. The molecule has 1 saturated heterocycles. The Morgan fingerprint density at radius 2 is 2.12 bits per heavy atom. The summed E-state index contributed by atoms with van der Waals surface area (Å²) in [5, 5.41) is 0. The zero-order valence-electron chi connectivity index (χ0n) is 9.61. The Labute approximate surface area is 101 Å². The highest BCUT2D eigenvalue weighted by Gasteiger charge is 2.44. The number of amides is 2. The van der Waals surface area contributed by atoms with E-state index in [4.69, 9.17) is 0 Å². The van der Waals surface area contributed by atoms with Gasteiger partial charge < -0.3 is 9.80 Å². The monoisotopic (exact) mass is 242 g/mol. The van der Waals surface area contributed by atoms with E-state index >= 15 is 0 Å². The number of nitrogens with zero attached hydrogens (tertiary/aromatic N) is 2. The van der Waals surface area contributed by atoms with Gasteiger partial charge >= 0.3 is 0 Å². The minimum Gasteiger partial charge on any atom is -0.342 e. The van der Waals surface area contributed by atoms with E-state index in [9.17, 15) is 9.59 Å². The van der Waals surface area contributed by atoms with E-state index in [0.717, 1.165) is 18.6 Å². The Balaban J connectivity index is 1.88. The van der Waals surface area contributed by atoms with Crippen molar-refractivity contribution < 1.29 is 9.59 Å². The van der Waals surface area contributed by atoms with Crippen molar-refractivity contribution >= 4 is 24.4 Å². The molecule has 0 aromatic heterocycles. The molecule has 0 aromatic carbocycles. The van der Waals surface area contributed by atoms with Gasteiger partial charge in [-0.3, -0.25) is 9.59 Å². The molecule has 5 heteroatoms. The molecule has 1 aliphatic heterocycles. The van der Waals surface area contributed by atoms with E-state index in [2.05, 4.69) is 12.6 Å². The van der Waals surface area contributed by atoms with Crippen molar-refractivity contribution in [2.75, 3.05) is 32.4 Å². The predicted octanol–water partition coefficient (Wildman–Crippen LogP) is 0.387. The van der Waals surface area contributed by atoms with Gasteiger partial charge in [0.15, 0.2) is 0 Å². The summed E-state index contributed by atoms with van der Waals surface area (Å²) in [4.78, 5) is 26.8. The summed E-state index contributed by atoms with van der Waals surface area (Å²) in [6.07, 6.45) is 2.77. The first-order valence-corrected chi connectivity index (χ1v) is 6.32. The fourth-order valence-corrected chi connectivity index (χ4v) is 2.40. The molecule has 2 rings (SSSR count). The number of hydrogen-bond acceptors (Lipinski definition) is 3. The first kappa shape index (κ1) is 11.8. The third kappa shape index (κ3) is 2.34. The van der Waals surface area contributed by atoms with Crippen molar-refractivity contribution in [3.63, 3.8) is 0 Å². The summed E-state index contributed by atoms with van der Waals surface area (Å²) < 4.78 is 0. The van der Waals surface area contributed by atoms with Crippen molar-refractivity contribution in [1.29, 1.82) is 0 Å². The number of hydrogen-bond donors (Lipinski definition) is 1. The summed E-state index contributed by atoms with van der Waals surface area (Å²) in [5.41, 5.74) is 0.145. The molecular formula is C11H18N2O2S. The van der Waals surface area contributed by atoms with Crippen LogP contribution in [0.25, 0.3) is 0 Å². The Kier molecular flexibility index (Phi) is 3.15. The third-order valence-electron chi connectivity index (χ3n) is 3.63. The van der Waals surface area contributed by atoms with Crippen LogP contribution in [-0.4, -0.2) is 54.0 Å². The maximum Gasteiger partial charge on any atom is 0.241 e. The van der Waals surface area contributed by atoms with E-state index in [0.29, 0.717) is 19.5 Å². The number of rotatable bonds is 3. The van der Waals surface area contributed by atoms with Crippen LogP contribution in [0.4, 0.5) is 0 Å². The molecule has 0 aromatic rings. The van der Waals surface area contributed by atoms with Gasteiger partial charge in [-0.2, -0.15) is 12.6 Å². The molecule has 0 bridgehead atoms. The van der Waals surface area contributed by atoms with Crippen LogP contribution in [0, 0.1) is 5.41 Å². The first-order valence-electron chi connectivity index (χ1n) is 5.69. The SMILES string of the molecule is CN1CCN(C(=O)CC2(CS)CC2)CC1=O. The molecule has 4 nitrogen and oxygen atoms in total. The summed E-state index contributed by atoms with van der Waals surface area (Å²) >= 11 is 4.29. The van der Waals surface area contributed by atoms with E-state index in [1.807, 2.05) is 0 Å². The Bertz CT molecular complexity index is 315. The van der Waals surface area contributed by atoms with Crippen molar-refractivity contribution in [3.05, 3.63) is 0 Å². The van der Waals surface area contributed by atoms with Crippen LogP contribution >= 0.6 is 12.6 Å². The Morgan fingerprint density at radius 3 is 2.62 bits per heavy atom. The number of carbonyl (C=O) groups is 2. The van der Waals surface area contributed by atoms with Gasteiger partial charge in [-0.15, -0.1) is 0 Å². The topological polar surface area (TPSA) is 40.6 Å². The number of piperazine rings is 1. The molecule has 90 valence electrons. The summed E-state index contributed by atoms with van der Waals surface area (Å²) in [7, 11) is 1.78. The van der Waals surface area contributed by atoms with Crippen LogP contribution in [0.2, 0.25) is 0 Å². The van der Waals surface area contributed by atoms with Crippen LogP contribution in [0.3, 0.4) is 0 Å². The summed E-state index contributed by atoms with van der Waals surface area (Å²) in [6, 6.07) is 0. The molecule has 2 aliphatic rings. The number of likely N-dealkylation sites (N-methyl/N-ethyl adjacent to an activating group) is 1. The molecule has 0 spiro atoms. The fourth-order valence-electron chi connectivity index (χ4n) is 1.97. The quantitative estimate of drug-likeness (QED) is 0.727. The fraction of sp³-hybridized carbons (Fsp3) is 0.818. The van der Waals surface area contributed by atoms with Gasteiger partial charge in [0.25, 0.3) is 0 Å². The molecule has 1 heterocycles. The maximum absolute atomic E-state index is 12.0. The molecule has 0 unspecified atom stereocenters. The lowest BCUT2D eigenvalue weighted by Crippen LogP contribution is -2.51. The van der Waals surface area contributed by atoms with Crippen LogP contribution in [0.1, 0.15) is 19.3 Å². The molecule has 0 atom stereocenters. The van der Waals surface area contributed by atoms with Crippen molar-refractivity contribution in [2.45, 2.75) is 19.3 Å². The van der Waals surface area contributed by atoms with Crippen molar-refractivity contribution in [1.82, 2.24) is 9.80 Å². The second-order valence-corrected chi connectivity index (χ2v) is 5.28. The van der Waals surface area contributed by atoms with Gasteiger partial charge in [-0.05, 0) is 24.0 Å². The first-order chi connectivity index (χ1) is 7.56. The molecule has 0 N–H and O–H groups in total. The predicted molar refractivity (Wildman–Crippen MR) is 64.4 cm³/mol. The van der Waals surface area contributed by atoms with Gasteiger partial charge in [0.05, 0.1) is 6.54 Å². The molecule has 1 saturated carbocycles. The Hall–Kier alpha value is -0.710. The summed E-state index contributed by atoms with van der Waals surface area (Å²) in [5.74, 6) is 0.934. The minimum atomic E-state index is 0.0373. The smallest absolute Gasteiger partial charge is 0.241 e. The highest BCUT2D eigenvalue weighted by atomic mass is 32.1. The van der Waals surface area contributed by atoms with Crippen LogP contribution in [0.15, 0.2) is 0 Å². The van der Waals surface area contributed by atoms with Gasteiger partial charge in [-0.25, -0.2) is 0 Å². The zero-order chi connectivity index (χ0) is 11.8. The third-order valence-corrected chi connectivity index (χ3v) is 4.30. The lowest BCUT2D eigenvalue weighted by atomic mass is 10.0. The molecule has 2 amide bonds. The average Bonchev–Trinajstić information content (AvgIpc) is 3.02. The lowest BCUT2D eigenvalue weighted by Gasteiger charge is -2.32. The largest absolute Gasteiger partial charge is 0.342 e. The van der Waals surface area contributed by atoms with Gasteiger partial charge in [0, 0.05) is 26.6 Å². The molecule has 2 fully saturated rings. The van der Waals surface area contributed by atoms with Crippen molar-refractivity contribution in [3.8, 4) is 0 Å². The standard InChI is InChI=1S/C11H18N2O2S/c1-12-4-5-13(7-10(12)15)9(14)6-11(8-16)2-3-11/h16H,2-8H2,1H3. The molecule has 16 heavy (non-hydrogen) atoms. The minimum absolute atomic E-state index is 0.0373. The van der Waals surface area contributed by atoms with Crippen LogP contribution in [-0.2, 0) is 9.59 Å². The Morgan fingerprint density at radius 1 is 1.44 bits per heavy atom. The van der Waals surface area contributed by atoms with E-state index in [-0.39, 0.29) is 23.8 Å². The molecular weight excluding hydrogens is 224 g/mol. The normalized spacial score (nSPS) is 23.5. The van der Waals surface area contributed by atoms with Gasteiger partial charge in [-0.1, -0.05) is 0 Å². The molecule has 0 radical (unpaired) electrons. The van der Waals surface area contributed by atoms with E-state index < -0.39 is 0 Å². The van der Waals surface area contributed by atoms with Crippen molar-refractivity contribution in [2.24, 2.45) is 5.41 Å². The number of carbonyl (C=O) groups excluding carboxylic acids is 2. The van der Waals surface area contributed by atoms with Crippen LogP contribution in [0.5, 0.6) is 0 Å². The molecule has 1 aliphatic carbocycles. The average molecular weight is 242 g/mol. The zero-order valence-corrected chi connectivity index (χ0v) is 10.5. The lowest BCUT2D eigenvalue weighted by molar-refractivity contribution is -0.144. The van der Waals surface area contributed by atoms with E-state index in [1.54, 1.807) is 16.8 Å². The summed E-state index contributed by atoms with van der Waals surface area (Å²) in [6.45, 7) is 1.57. The van der Waals surface area contributed by atoms with Crippen LogP contribution < -0.4 is 0 Å². The second-order valence-electron chi connectivity index (χ2n) is 4.97.